The van der Waals surface area contributed by atoms with Crippen LogP contribution in [0.2, 0.25) is 0 Å². The maximum absolute atomic E-state index is 12.0. The van der Waals surface area contributed by atoms with Crippen molar-refractivity contribution in [1.82, 2.24) is 24.6 Å². The Labute approximate surface area is 154 Å². The second kappa shape index (κ2) is 9.09. The van der Waals surface area contributed by atoms with Crippen molar-refractivity contribution in [1.29, 1.82) is 0 Å². The van der Waals surface area contributed by atoms with Crippen LogP contribution in [-0.4, -0.2) is 62.6 Å². The molecule has 134 valence electrons. The van der Waals surface area contributed by atoms with Gasteiger partial charge in [-0.2, -0.15) is 0 Å². The van der Waals surface area contributed by atoms with E-state index in [0.717, 1.165) is 43.8 Å². The van der Waals surface area contributed by atoms with Crippen molar-refractivity contribution < 1.29 is 9.53 Å². The Kier molecular flexibility index (Phi) is 6.56. The summed E-state index contributed by atoms with van der Waals surface area (Å²) in [7, 11) is 0. The van der Waals surface area contributed by atoms with Crippen molar-refractivity contribution in [2.45, 2.75) is 18.2 Å². The number of rotatable bonds is 8. The molecule has 0 radical (unpaired) electrons. The third kappa shape index (κ3) is 5.11. The molecule has 1 fully saturated rings. The Morgan fingerprint density at radius 1 is 1.44 bits per heavy atom. The molecule has 1 aliphatic heterocycles. The number of hydrogen-bond donors (Lipinski definition) is 1. The molecular weight excluding hydrogens is 360 g/mol. The minimum absolute atomic E-state index is 0.108. The summed E-state index contributed by atoms with van der Waals surface area (Å²) in [6.45, 7) is 8.40. The lowest BCUT2D eigenvalue weighted by atomic mass is 10.4. The minimum atomic E-state index is -0.108. The summed E-state index contributed by atoms with van der Waals surface area (Å²) in [6.07, 6.45) is 3.47. The number of thiazole rings is 1. The number of carbonyl (C=O) groups excluding carboxylic acids is 1. The number of amides is 1. The number of hydrogen-bond acceptors (Lipinski definition) is 8. The standard InChI is InChI=1S/C15H20N6O2S2/c1-2-4-21-12(10-20-5-7-23-8-6-20)18-19-15(21)25-11-13(22)17-14-16-3-9-24-14/h2-3,9H,1,4-8,10-11H2,(H,16,17,22). The number of ether oxygens (including phenoxy) is 1. The third-order valence-electron chi connectivity index (χ3n) is 3.58. The Morgan fingerprint density at radius 3 is 3.00 bits per heavy atom. The van der Waals surface area contributed by atoms with Gasteiger partial charge in [-0.3, -0.25) is 9.69 Å². The number of allylic oxidation sites excluding steroid dienone is 1. The zero-order valence-electron chi connectivity index (χ0n) is 13.8. The van der Waals surface area contributed by atoms with E-state index >= 15 is 0 Å². The van der Waals surface area contributed by atoms with Crippen molar-refractivity contribution in [3.63, 3.8) is 0 Å². The quantitative estimate of drug-likeness (QED) is 0.548. The van der Waals surface area contributed by atoms with E-state index in [4.69, 9.17) is 4.74 Å². The molecule has 10 heteroatoms. The lowest BCUT2D eigenvalue weighted by molar-refractivity contribution is -0.113. The van der Waals surface area contributed by atoms with Crippen molar-refractivity contribution in [3.05, 3.63) is 30.1 Å². The highest BCUT2D eigenvalue weighted by molar-refractivity contribution is 7.99. The van der Waals surface area contributed by atoms with Gasteiger partial charge in [0, 0.05) is 31.2 Å². The number of anilines is 1. The molecule has 25 heavy (non-hydrogen) atoms. The van der Waals surface area contributed by atoms with Gasteiger partial charge in [-0.1, -0.05) is 17.8 Å². The molecule has 0 spiro atoms. The van der Waals surface area contributed by atoms with Crippen molar-refractivity contribution in [3.8, 4) is 0 Å². The zero-order valence-corrected chi connectivity index (χ0v) is 15.4. The third-order valence-corrected chi connectivity index (χ3v) is 5.24. The van der Waals surface area contributed by atoms with Gasteiger partial charge in [0.15, 0.2) is 10.3 Å². The predicted molar refractivity (Wildman–Crippen MR) is 97.8 cm³/mol. The van der Waals surface area contributed by atoms with Gasteiger partial charge in [0.25, 0.3) is 0 Å². The van der Waals surface area contributed by atoms with Gasteiger partial charge in [-0.25, -0.2) is 4.98 Å². The van der Waals surface area contributed by atoms with Gasteiger partial charge in [0.05, 0.1) is 25.5 Å². The van der Waals surface area contributed by atoms with Crippen LogP contribution in [0.3, 0.4) is 0 Å². The van der Waals surface area contributed by atoms with Crippen LogP contribution in [-0.2, 0) is 22.6 Å². The van der Waals surface area contributed by atoms with Gasteiger partial charge in [0.1, 0.15) is 5.82 Å². The molecule has 1 aliphatic rings. The van der Waals surface area contributed by atoms with Crippen LogP contribution in [0.5, 0.6) is 0 Å². The highest BCUT2D eigenvalue weighted by atomic mass is 32.2. The van der Waals surface area contributed by atoms with Crippen LogP contribution in [0, 0.1) is 0 Å². The number of carbonyl (C=O) groups is 1. The van der Waals surface area contributed by atoms with Gasteiger partial charge in [-0.15, -0.1) is 28.1 Å². The van der Waals surface area contributed by atoms with Gasteiger partial charge >= 0.3 is 0 Å². The number of aromatic nitrogens is 4. The molecule has 0 saturated carbocycles. The monoisotopic (exact) mass is 380 g/mol. The fourth-order valence-corrected chi connectivity index (χ4v) is 3.70. The van der Waals surface area contributed by atoms with Crippen LogP contribution in [0.4, 0.5) is 5.13 Å². The molecular formula is C15H20N6O2S2. The van der Waals surface area contributed by atoms with E-state index in [2.05, 4.69) is 32.0 Å². The average Bonchev–Trinajstić information content (AvgIpc) is 3.25. The summed E-state index contributed by atoms with van der Waals surface area (Å²) in [5.41, 5.74) is 0. The van der Waals surface area contributed by atoms with E-state index in [1.807, 2.05) is 16.0 Å². The Hall–Kier alpha value is -1.75. The van der Waals surface area contributed by atoms with Crippen LogP contribution in [0.1, 0.15) is 5.82 Å². The maximum Gasteiger partial charge on any atom is 0.236 e. The summed E-state index contributed by atoms with van der Waals surface area (Å²) in [5.74, 6) is 1.03. The van der Waals surface area contributed by atoms with Crippen molar-refractivity contribution >= 4 is 34.1 Å². The molecule has 0 aromatic carbocycles. The fraction of sp³-hybridized carbons (Fsp3) is 0.467. The Morgan fingerprint density at radius 2 is 2.28 bits per heavy atom. The van der Waals surface area contributed by atoms with Gasteiger partial charge in [-0.05, 0) is 0 Å². The van der Waals surface area contributed by atoms with E-state index in [1.54, 1.807) is 6.20 Å². The first-order valence-electron chi connectivity index (χ1n) is 7.91. The van der Waals surface area contributed by atoms with Crippen LogP contribution >= 0.6 is 23.1 Å². The molecule has 2 aromatic heterocycles. The fourth-order valence-electron chi connectivity index (χ4n) is 2.39. The van der Waals surface area contributed by atoms with Crippen molar-refractivity contribution in [2.75, 3.05) is 37.4 Å². The molecule has 0 unspecified atom stereocenters. The number of morpholine rings is 1. The van der Waals surface area contributed by atoms with Crippen molar-refractivity contribution in [2.24, 2.45) is 0 Å². The highest BCUT2D eigenvalue weighted by Crippen LogP contribution is 2.19. The lowest BCUT2D eigenvalue weighted by Gasteiger charge is -2.26. The largest absolute Gasteiger partial charge is 0.379 e. The summed E-state index contributed by atoms with van der Waals surface area (Å²) >= 11 is 2.76. The Bertz CT molecular complexity index is 697. The highest BCUT2D eigenvalue weighted by Gasteiger charge is 2.18. The molecule has 2 aromatic rings. The van der Waals surface area contributed by atoms with Crippen LogP contribution in [0.15, 0.2) is 29.4 Å². The second-order valence-corrected chi connectivity index (χ2v) is 7.20. The molecule has 8 nitrogen and oxygen atoms in total. The van der Waals surface area contributed by atoms with E-state index in [-0.39, 0.29) is 11.7 Å². The van der Waals surface area contributed by atoms with E-state index in [1.165, 1.54) is 23.1 Å². The summed E-state index contributed by atoms with van der Waals surface area (Å²) in [6, 6.07) is 0. The normalized spacial score (nSPS) is 15.2. The first-order valence-corrected chi connectivity index (χ1v) is 9.78. The topological polar surface area (TPSA) is 85.2 Å². The molecule has 0 bridgehead atoms. The molecule has 3 heterocycles. The number of nitrogens with one attached hydrogen (secondary N) is 1. The molecule has 3 rings (SSSR count). The van der Waals surface area contributed by atoms with E-state index in [0.29, 0.717) is 11.7 Å². The summed E-state index contributed by atoms with van der Waals surface area (Å²) < 4.78 is 7.38. The number of nitrogens with zero attached hydrogens (tertiary/aromatic N) is 5. The maximum atomic E-state index is 12.0. The van der Waals surface area contributed by atoms with E-state index in [9.17, 15) is 4.79 Å². The first-order chi connectivity index (χ1) is 12.3. The molecule has 0 aliphatic carbocycles. The molecule has 1 saturated heterocycles. The lowest BCUT2D eigenvalue weighted by Crippen LogP contribution is -2.36. The van der Waals surface area contributed by atoms with Gasteiger partial charge in [0.2, 0.25) is 5.91 Å². The first kappa shape index (κ1) is 18.1. The van der Waals surface area contributed by atoms with Crippen LogP contribution < -0.4 is 5.32 Å². The molecule has 1 amide bonds. The summed E-state index contributed by atoms with van der Waals surface area (Å²) in [5, 5.41) is 14.5. The average molecular weight is 380 g/mol. The summed E-state index contributed by atoms with van der Waals surface area (Å²) in [4.78, 5) is 18.3. The zero-order chi connectivity index (χ0) is 17.5. The van der Waals surface area contributed by atoms with Gasteiger partial charge < -0.3 is 14.6 Å². The molecule has 1 N–H and O–H groups in total. The molecule has 0 atom stereocenters. The SMILES string of the molecule is C=CCn1c(CN2CCOCC2)nnc1SCC(=O)Nc1nccs1. The minimum Gasteiger partial charge on any atom is -0.379 e. The van der Waals surface area contributed by atoms with Crippen LogP contribution in [0.25, 0.3) is 0 Å². The Balaban J connectivity index is 1.60. The second-order valence-electron chi connectivity index (χ2n) is 5.36. The van der Waals surface area contributed by atoms with E-state index < -0.39 is 0 Å². The predicted octanol–water partition coefficient (Wildman–Crippen LogP) is 1.48. The number of thioether (sulfide) groups is 1. The smallest absolute Gasteiger partial charge is 0.236 e.